The second-order valence-corrected chi connectivity index (χ2v) is 6.47. The SMILES string of the molecule is CCCCN(CC(N)=O)c1ccc(Br)cc1CNC(C)C. The molecule has 0 unspecified atom stereocenters. The Kier molecular flexibility index (Phi) is 7.75. The number of rotatable bonds is 9. The third-order valence-electron chi connectivity index (χ3n) is 3.21. The van der Waals surface area contributed by atoms with E-state index in [1.807, 2.05) is 6.07 Å². The van der Waals surface area contributed by atoms with Crippen LogP contribution in [-0.2, 0) is 11.3 Å². The zero-order valence-electron chi connectivity index (χ0n) is 13.2. The van der Waals surface area contributed by atoms with Gasteiger partial charge in [-0.25, -0.2) is 0 Å². The molecule has 1 rings (SSSR count). The molecule has 1 aromatic carbocycles. The molecule has 0 aliphatic rings. The highest BCUT2D eigenvalue weighted by atomic mass is 79.9. The minimum Gasteiger partial charge on any atom is -0.368 e. The van der Waals surface area contributed by atoms with E-state index in [0.717, 1.165) is 36.1 Å². The van der Waals surface area contributed by atoms with Gasteiger partial charge in [0.1, 0.15) is 0 Å². The van der Waals surface area contributed by atoms with Gasteiger partial charge in [0.05, 0.1) is 6.54 Å². The molecule has 0 saturated carbocycles. The van der Waals surface area contributed by atoms with E-state index in [9.17, 15) is 4.79 Å². The van der Waals surface area contributed by atoms with Crippen LogP contribution < -0.4 is 16.0 Å². The number of carbonyl (C=O) groups excluding carboxylic acids is 1. The number of nitrogens with one attached hydrogen (secondary N) is 1. The summed E-state index contributed by atoms with van der Waals surface area (Å²) >= 11 is 3.52. The Morgan fingerprint density at radius 3 is 2.71 bits per heavy atom. The number of hydrogen-bond acceptors (Lipinski definition) is 3. The first-order valence-electron chi connectivity index (χ1n) is 7.49. The fourth-order valence-electron chi connectivity index (χ4n) is 2.14. The lowest BCUT2D eigenvalue weighted by Gasteiger charge is -2.26. The minimum atomic E-state index is -0.295. The van der Waals surface area contributed by atoms with Gasteiger partial charge >= 0.3 is 0 Å². The van der Waals surface area contributed by atoms with Gasteiger partial charge in [-0.15, -0.1) is 0 Å². The monoisotopic (exact) mass is 355 g/mol. The summed E-state index contributed by atoms with van der Waals surface area (Å²) in [5.41, 5.74) is 7.66. The Balaban J connectivity index is 3.00. The van der Waals surface area contributed by atoms with Gasteiger partial charge in [0.15, 0.2) is 0 Å². The number of primary amides is 1. The van der Waals surface area contributed by atoms with Gasteiger partial charge in [-0.05, 0) is 30.2 Å². The number of nitrogens with zero attached hydrogens (tertiary/aromatic N) is 1. The number of benzene rings is 1. The van der Waals surface area contributed by atoms with Crippen molar-refractivity contribution >= 4 is 27.5 Å². The highest BCUT2D eigenvalue weighted by Crippen LogP contribution is 2.25. The van der Waals surface area contributed by atoms with Gasteiger partial charge in [-0.3, -0.25) is 4.79 Å². The second kappa shape index (κ2) is 9.05. The summed E-state index contributed by atoms with van der Waals surface area (Å²) < 4.78 is 1.04. The van der Waals surface area contributed by atoms with Gasteiger partial charge in [-0.1, -0.05) is 43.1 Å². The van der Waals surface area contributed by atoms with Crippen LogP contribution in [0.4, 0.5) is 5.69 Å². The molecule has 21 heavy (non-hydrogen) atoms. The molecule has 5 heteroatoms. The van der Waals surface area contributed by atoms with Crippen molar-refractivity contribution in [1.82, 2.24) is 5.32 Å². The summed E-state index contributed by atoms with van der Waals surface area (Å²) in [4.78, 5) is 13.4. The van der Waals surface area contributed by atoms with E-state index in [1.54, 1.807) is 0 Å². The number of amides is 1. The summed E-state index contributed by atoms with van der Waals surface area (Å²) in [7, 11) is 0. The fraction of sp³-hybridized carbons (Fsp3) is 0.562. The summed E-state index contributed by atoms with van der Waals surface area (Å²) in [5.74, 6) is -0.295. The predicted octanol–water partition coefficient (Wildman–Crippen LogP) is 3.04. The molecule has 1 aromatic rings. The highest BCUT2D eigenvalue weighted by Gasteiger charge is 2.14. The minimum absolute atomic E-state index is 0.260. The Hall–Kier alpha value is -1.07. The molecular weight excluding hydrogens is 330 g/mol. The molecule has 0 aliphatic carbocycles. The van der Waals surface area contributed by atoms with Crippen molar-refractivity contribution in [3.05, 3.63) is 28.2 Å². The third kappa shape index (κ3) is 6.48. The first kappa shape index (κ1) is 18.0. The fourth-order valence-corrected chi connectivity index (χ4v) is 2.55. The van der Waals surface area contributed by atoms with Crippen molar-refractivity contribution < 1.29 is 4.79 Å². The second-order valence-electron chi connectivity index (χ2n) is 5.55. The molecule has 118 valence electrons. The largest absolute Gasteiger partial charge is 0.368 e. The van der Waals surface area contributed by atoms with E-state index in [4.69, 9.17) is 5.73 Å². The van der Waals surface area contributed by atoms with Crippen LogP contribution in [0.2, 0.25) is 0 Å². The van der Waals surface area contributed by atoms with E-state index >= 15 is 0 Å². The standard InChI is InChI=1S/C16H26BrN3O/c1-4-5-8-20(11-16(18)21)15-7-6-14(17)9-13(15)10-19-12(2)3/h6-7,9,12,19H,4-5,8,10-11H2,1-3H3,(H2,18,21). The van der Waals surface area contributed by atoms with E-state index < -0.39 is 0 Å². The van der Waals surface area contributed by atoms with Gasteiger partial charge in [0, 0.05) is 29.3 Å². The summed E-state index contributed by atoms with van der Waals surface area (Å²) in [6.07, 6.45) is 2.13. The number of carbonyl (C=O) groups is 1. The summed E-state index contributed by atoms with van der Waals surface area (Å²) in [5, 5.41) is 3.43. The molecule has 0 fully saturated rings. The summed E-state index contributed by atoms with van der Waals surface area (Å²) in [6.45, 7) is 8.26. The van der Waals surface area contributed by atoms with Gasteiger partial charge < -0.3 is 16.0 Å². The van der Waals surface area contributed by atoms with E-state index in [0.29, 0.717) is 6.04 Å². The maximum absolute atomic E-state index is 11.3. The number of nitrogens with two attached hydrogens (primary N) is 1. The Bertz CT molecular complexity index is 463. The Morgan fingerprint density at radius 1 is 1.43 bits per heavy atom. The van der Waals surface area contributed by atoms with E-state index in [1.165, 1.54) is 5.56 Å². The third-order valence-corrected chi connectivity index (χ3v) is 3.70. The van der Waals surface area contributed by atoms with Crippen LogP contribution in [0.5, 0.6) is 0 Å². The molecule has 0 saturated heterocycles. The van der Waals surface area contributed by atoms with Gasteiger partial charge in [0.25, 0.3) is 0 Å². The van der Waals surface area contributed by atoms with Crippen LogP contribution in [0, 0.1) is 0 Å². The van der Waals surface area contributed by atoms with Crippen molar-refractivity contribution in [3.8, 4) is 0 Å². The van der Waals surface area contributed by atoms with Crippen LogP contribution in [0.25, 0.3) is 0 Å². The Morgan fingerprint density at radius 2 is 2.14 bits per heavy atom. The van der Waals surface area contributed by atoms with Crippen molar-refractivity contribution in [3.63, 3.8) is 0 Å². The number of anilines is 1. The smallest absolute Gasteiger partial charge is 0.236 e. The molecule has 4 nitrogen and oxygen atoms in total. The first-order chi connectivity index (χ1) is 9.93. The summed E-state index contributed by atoms with van der Waals surface area (Å²) in [6, 6.07) is 6.58. The molecule has 3 N–H and O–H groups in total. The highest BCUT2D eigenvalue weighted by molar-refractivity contribution is 9.10. The topological polar surface area (TPSA) is 58.4 Å². The molecule has 0 aliphatic heterocycles. The van der Waals surface area contributed by atoms with Gasteiger partial charge in [0.2, 0.25) is 5.91 Å². The van der Waals surface area contributed by atoms with Crippen LogP contribution in [0.3, 0.4) is 0 Å². The lowest BCUT2D eigenvalue weighted by Crippen LogP contribution is -2.35. The molecule has 0 heterocycles. The number of hydrogen-bond donors (Lipinski definition) is 2. The predicted molar refractivity (Wildman–Crippen MR) is 92.4 cm³/mol. The Labute approximate surface area is 136 Å². The molecule has 0 atom stereocenters. The van der Waals surface area contributed by atoms with E-state index in [-0.39, 0.29) is 12.5 Å². The van der Waals surface area contributed by atoms with Crippen LogP contribution in [0.1, 0.15) is 39.2 Å². The number of unbranched alkanes of at least 4 members (excludes halogenated alkanes) is 1. The molecule has 0 bridgehead atoms. The van der Waals surface area contributed by atoms with E-state index in [2.05, 4.69) is 59.1 Å². The van der Waals surface area contributed by atoms with Crippen molar-refractivity contribution in [1.29, 1.82) is 0 Å². The average molecular weight is 356 g/mol. The molecule has 0 spiro atoms. The van der Waals surface area contributed by atoms with Crippen molar-refractivity contribution in [2.75, 3.05) is 18.0 Å². The van der Waals surface area contributed by atoms with Crippen LogP contribution in [0.15, 0.2) is 22.7 Å². The van der Waals surface area contributed by atoms with Crippen LogP contribution in [-0.4, -0.2) is 25.0 Å². The maximum Gasteiger partial charge on any atom is 0.236 e. The average Bonchev–Trinajstić information content (AvgIpc) is 2.41. The zero-order chi connectivity index (χ0) is 15.8. The lowest BCUT2D eigenvalue weighted by atomic mass is 10.1. The molecule has 0 radical (unpaired) electrons. The van der Waals surface area contributed by atoms with Gasteiger partial charge in [-0.2, -0.15) is 0 Å². The van der Waals surface area contributed by atoms with Crippen molar-refractivity contribution in [2.24, 2.45) is 5.73 Å². The zero-order valence-corrected chi connectivity index (χ0v) is 14.7. The quantitative estimate of drug-likeness (QED) is 0.715. The molecular formula is C16H26BrN3O. The maximum atomic E-state index is 11.3. The molecule has 1 amide bonds. The first-order valence-corrected chi connectivity index (χ1v) is 8.28. The number of halogens is 1. The normalized spacial score (nSPS) is 10.9. The molecule has 0 aromatic heterocycles. The van der Waals surface area contributed by atoms with Crippen LogP contribution >= 0.6 is 15.9 Å². The van der Waals surface area contributed by atoms with Crippen molar-refractivity contribution in [2.45, 2.75) is 46.2 Å². The lowest BCUT2D eigenvalue weighted by molar-refractivity contribution is -0.116.